The molecule has 13 heteroatoms. The number of hydrogen-bond donors (Lipinski definition) is 2. The Morgan fingerprint density at radius 3 is 2.33 bits per heavy atom. The van der Waals surface area contributed by atoms with Crippen molar-refractivity contribution in [3.63, 3.8) is 0 Å². The van der Waals surface area contributed by atoms with Crippen LogP contribution in [0.4, 0.5) is 18.9 Å². The first-order valence-electron chi connectivity index (χ1n) is 12.6. The summed E-state index contributed by atoms with van der Waals surface area (Å²) in [5, 5.41) is 10.3. The molecule has 8 nitrogen and oxygen atoms in total. The standard InChI is InChI=1S/C29H19Cl2F3N6O2/c30-19-8-5-13-36-25(19)40-20(15-22(39-40)29(32,33)34)27(42)37-24-18(14-16-6-1-2-7-17(16)23(24)31)26(41)38-28(10-11-28)21-9-3-4-12-35-21/h1-9,12-15H,10-11H2,(H,37,42)(H,38,41). The fourth-order valence-corrected chi connectivity index (χ4v) is 5.18. The lowest BCUT2D eigenvalue weighted by Crippen LogP contribution is -2.36. The molecule has 5 aromatic rings. The first-order chi connectivity index (χ1) is 20.1. The van der Waals surface area contributed by atoms with Crippen LogP contribution < -0.4 is 10.6 Å². The van der Waals surface area contributed by atoms with Gasteiger partial charge in [0.05, 0.1) is 32.5 Å². The van der Waals surface area contributed by atoms with Crippen LogP contribution in [0.1, 0.15) is 45.1 Å². The largest absolute Gasteiger partial charge is 0.435 e. The summed E-state index contributed by atoms with van der Waals surface area (Å²) in [6.45, 7) is 0. The number of anilines is 1. The molecular weight excluding hydrogens is 592 g/mol. The van der Waals surface area contributed by atoms with Crippen molar-refractivity contribution in [2.24, 2.45) is 0 Å². The van der Waals surface area contributed by atoms with Crippen LogP contribution in [0, 0.1) is 0 Å². The minimum atomic E-state index is -4.86. The molecule has 0 unspecified atom stereocenters. The van der Waals surface area contributed by atoms with Gasteiger partial charge in [0, 0.05) is 23.8 Å². The lowest BCUT2D eigenvalue weighted by Gasteiger charge is -2.20. The Morgan fingerprint density at radius 2 is 1.64 bits per heavy atom. The van der Waals surface area contributed by atoms with Crippen LogP contribution in [-0.4, -0.2) is 31.6 Å². The summed E-state index contributed by atoms with van der Waals surface area (Å²) in [6.07, 6.45) is -0.620. The topological polar surface area (TPSA) is 102 Å². The molecule has 2 N–H and O–H groups in total. The quantitative estimate of drug-likeness (QED) is 0.220. The average Bonchev–Trinajstić information content (AvgIpc) is 3.61. The first kappa shape index (κ1) is 27.7. The van der Waals surface area contributed by atoms with Gasteiger partial charge in [-0.25, -0.2) is 9.67 Å². The van der Waals surface area contributed by atoms with E-state index in [9.17, 15) is 22.8 Å². The van der Waals surface area contributed by atoms with E-state index in [0.29, 0.717) is 40.1 Å². The van der Waals surface area contributed by atoms with Crippen molar-refractivity contribution in [2.75, 3.05) is 5.32 Å². The second kappa shape index (κ2) is 10.4. The second-order valence-electron chi connectivity index (χ2n) is 9.67. The predicted octanol–water partition coefficient (Wildman–Crippen LogP) is 6.81. The molecule has 0 saturated heterocycles. The van der Waals surface area contributed by atoms with Crippen LogP contribution in [0.2, 0.25) is 10.0 Å². The summed E-state index contributed by atoms with van der Waals surface area (Å²) in [7, 11) is 0. The Kier molecular flexibility index (Phi) is 6.86. The van der Waals surface area contributed by atoms with Crippen LogP contribution in [0.15, 0.2) is 79.1 Å². The number of carbonyl (C=O) groups excluding carboxylic acids is 2. The van der Waals surface area contributed by atoms with E-state index >= 15 is 0 Å². The summed E-state index contributed by atoms with van der Waals surface area (Å²) in [6, 6.07) is 17.4. The van der Waals surface area contributed by atoms with Crippen LogP contribution in [-0.2, 0) is 11.7 Å². The highest BCUT2D eigenvalue weighted by molar-refractivity contribution is 6.40. The first-order valence-corrected chi connectivity index (χ1v) is 13.4. The number of amides is 2. The Morgan fingerprint density at radius 1 is 0.905 bits per heavy atom. The Labute approximate surface area is 246 Å². The van der Waals surface area contributed by atoms with Crippen LogP contribution in [0.3, 0.4) is 0 Å². The van der Waals surface area contributed by atoms with E-state index in [2.05, 4.69) is 25.7 Å². The van der Waals surface area contributed by atoms with Crippen molar-refractivity contribution in [2.45, 2.75) is 24.6 Å². The molecule has 0 aliphatic heterocycles. The van der Waals surface area contributed by atoms with E-state index < -0.39 is 34.9 Å². The Hall–Kier alpha value is -4.48. The van der Waals surface area contributed by atoms with Gasteiger partial charge in [0.2, 0.25) is 0 Å². The minimum Gasteiger partial charge on any atom is -0.341 e. The molecule has 2 amide bonds. The lowest BCUT2D eigenvalue weighted by molar-refractivity contribution is -0.141. The Bertz CT molecular complexity index is 1860. The van der Waals surface area contributed by atoms with Crippen LogP contribution >= 0.6 is 23.2 Å². The van der Waals surface area contributed by atoms with E-state index in [1.165, 1.54) is 18.3 Å². The number of pyridine rings is 2. The van der Waals surface area contributed by atoms with Crippen molar-refractivity contribution >= 4 is 51.5 Å². The molecule has 0 radical (unpaired) electrons. The average molecular weight is 611 g/mol. The fourth-order valence-electron chi connectivity index (χ4n) is 4.66. The molecule has 0 atom stereocenters. The molecule has 2 aromatic carbocycles. The number of nitrogens with zero attached hydrogens (tertiary/aromatic N) is 4. The van der Waals surface area contributed by atoms with Crippen molar-refractivity contribution in [1.29, 1.82) is 0 Å². The molecule has 6 rings (SSSR count). The van der Waals surface area contributed by atoms with Crippen molar-refractivity contribution in [3.8, 4) is 5.82 Å². The smallest absolute Gasteiger partial charge is 0.341 e. The zero-order valence-electron chi connectivity index (χ0n) is 21.4. The molecule has 212 valence electrons. The highest BCUT2D eigenvalue weighted by atomic mass is 35.5. The number of nitrogens with one attached hydrogen (secondary N) is 2. The number of aromatic nitrogens is 4. The van der Waals surface area contributed by atoms with Gasteiger partial charge in [0.25, 0.3) is 11.8 Å². The number of carbonyl (C=O) groups is 2. The summed E-state index contributed by atoms with van der Waals surface area (Å²) in [5.41, 5.74) is -1.91. The molecule has 1 saturated carbocycles. The zero-order chi connectivity index (χ0) is 29.6. The third kappa shape index (κ3) is 5.05. The van der Waals surface area contributed by atoms with Crippen molar-refractivity contribution in [3.05, 3.63) is 112 Å². The summed E-state index contributed by atoms with van der Waals surface area (Å²) in [4.78, 5) is 35.7. The molecule has 42 heavy (non-hydrogen) atoms. The summed E-state index contributed by atoms with van der Waals surface area (Å²) < 4.78 is 41.7. The van der Waals surface area contributed by atoms with Crippen LogP contribution in [0.5, 0.6) is 0 Å². The lowest BCUT2D eigenvalue weighted by atomic mass is 10.0. The fraction of sp³-hybridized carbons (Fsp3) is 0.138. The highest BCUT2D eigenvalue weighted by Crippen LogP contribution is 2.45. The highest BCUT2D eigenvalue weighted by Gasteiger charge is 2.47. The second-order valence-corrected chi connectivity index (χ2v) is 10.5. The van der Waals surface area contributed by atoms with Gasteiger partial charge in [-0.2, -0.15) is 18.3 Å². The molecule has 1 fully saturated rings. The van der Waals surface area contributed by atoms with Gasteiger partial charge >= 0.3 is 6.18 Å². The molecule has 0 bridgehead atoms. The monoisotopic (exact) mass is 610 g/mol. The predicted molar refractivity (Wildman–Crippen MR) is 151 cm³/mol. The van der Waals surface area contributed by atoms with E-state index in [-0.39, 0.29) is 27.1 Å². The van der Waals surface area contributed by atoms with Crippen LogP contribution in [0.25, 0.3) is 16.6 Å². The molecule has 3 heterocycles. The van der Waals surface area contributed by atoms with Gasteiger partial charge in [0.1, 0.15) is 5.69 Å². The number of halogens is 5. The number of rotatable bonds is 6. The van der Waals surface area contributed by atoms with E-state index in [1.54, 1.807) is 42.6 Å². The van der Waals surface area contributed by atoms with Gasteiger partial charge in [-0.1, -0.05) is 53.5 Å². The normalized spacial score (nSPS) is 14.0. The SMILES string of the molecule is O=C(NC1(c2ccccn2)CC1)c1cc2ccccc2c(Cl)c1NC(=O)c1cc(C(F)(F)F)nn1-c1ncccc1Cl. The summed E-state index contributed by atoms with van der Waals surface area (Å²) in [5.74, 6) is -1.75. The number of alkyl halides is 3. The summed E-state index contributed by atoms with van der Waals surface area (Å²) >= 11 is 12.9. The molecular formula is C29H19Cl2F3N6O2. The Balaban J connectivity index is 1.43. The van der Waals surface area contributed by atoms with Gasteiger partial charge < -0.3 is 10.6 Å². The van der Waals surface area contributed by atoms with Gasteiger partial charge in [-0.05, 0) is 48.6 Å². The third-order valence-corrected chi connectivity index (χ3v) is 7.59. The van der Waals surface area contributed by atoms with E-state index in [1.807, 2.05) is 12.1 Å². The number of fused-ring (bicyclic) bond motifs is 1. The van der Waals surface area contributed by atoms with Crippen molar-refractivity contribution < 1.29 is 22.8 Å². The maximum atomic E-state index is 13.7. The number of hydrogen-bond acceptors (Lipinski definition) is 5. The van der Waals surface area contributed by atoms with Gasteiger partial charge in [-0.3, -0.25) is 14.6 Å². The van der Waals surface area contributed by atoms with E-state index in [0.717, 1.165) is 0 Å². The molecule has 1 aliphatic carbocycles. The molecule has 0 spiro atoms. The maximum Gasteiger partial charge on any atom is 0.435 e. The van der Waals surface area contributed by atoms with Crippen molar-refractivity contribution in [1.82, 2.24) is 25.1 Å². The minimum absolute atomic E-state index is 0.0206. The van der Waals surface area contributed by atoms with E-state index in [4.69, 9.17) is 23.2 Å². The molecule has 1 aliphatic rings. The molecule has 3 aromatic heterocycles. The maximum absolute atomic E-state index is 13.7. The zero-order valence-corrected chi connectivity index (χ0v) is 22.9. The third-order valence-electron chi connectivity index (χ3n) is 6.90. The number of benzene rings is 2. The van der Waals surface area contributed by atoms with Gasteiger partial charge in [-0.15, -0.1) is 0 Å². The van der Waals surface area contributed by atoms with Gasteiger partial charge in [0.15, 0.2) is 11.5 Å².